The van der Waals surface area contributed by atoms with Crippen molar-refractivity contribution in [2.24, 2.45) is 0 Å². The molecule has 1 atom stereocenters. The van der Waals surface area contributed by atoms with Gasteiger partial charge in [0.15, 0.2) is 11.5 Å². The van der Waals surface area contributed by atoms with E-state index in [9.17, 15) is 4.39 Å². The van der Waals surface area contributed by atoms with Crippen molar-refractivity contribution in [3.8, 4) is 17.2 Å². The Morgan fingerprint density at radius 1 is 0.963 bits per heavy atom. The van der Waals surface area contributed by atoms with Gasteiger partial charge >= 0.3 is 0 Å². The average Bonchev–Trinajstić information content (AvgIpc) is 2.98. The molecule has 146 valence electrons. The molecule has 0 radical (unpaired) electrons. The maximum Gasteiger partial charge on any atom is 0.203 e. The third kappa shape index (κ3) is 4.17. The highest BCUT2D eigenvalue weighted by Crippen LogP contribution is 2.42. The Morgan fingerprint density at radius 3 is 2.30 bits per heavy atom. The molecule has 0 aliphatic carbocycles. The number of nitrogens with one attached hydrogen (secondary N) is 1. The first-order chi connectivity index (χ1) is 13.2. The molecule has 1 aliphatic heterocycles. The number of nitrogens with zero attached hydrogens (tertiary/aromatic N) is 1. The number of benzene rings is 2. The van der Waals surface area contributed by atoms with Crippen LogP contribution < -0.4 is 19.5 Å². The lowest BCUT2D eigenvalue weighted by Gasteiger charge is -2.32. The summed E-state index contributed by atoms with van der Waals surface area (Å²) in [7, 11) is 4.76. The molecule has 2 aromatic rings. The fraction of sp³-hybridized carbons (Fsp3) is 0.429. The van der Waals surface area contributed by atoms with Gasteiger partial charge in [-0.25, -0.2) is 4.39 Å². The summed E-state index contributed by atoms with van der Waals surface area (Å²) in [6.07, 6.45) is 1.01. The van der Waals surface area contributed by atoms with Crippen LogP contribution in [0.1, 0.15) is 23.6 Å². The molecule has 1 saturated heterocycles. The predicted molar refractivity (Wildman–Crippen MR) is 103 cm³/mol. The summed E-state index contributed by atoms with van der Waals surface area (Å²) in [4.78, 5) is 2.30. The second kappa shape index (κ2) is 9.06. The van der Waals surface area contributed by atoms with Crippen LogP contribution in [0.5, 0.6) is 17.2 Å². The molecular weight excluding hydrogens is 347 g/mol. The normalized spacial score (nSPS) is 16.4. The summed E-state index contributed by atoms with van der Waals surface area (Å²) in [5, 5.41) is 3.41. The molecule has 27 heavy (non-hydrogen) atoms. The molecule has 1 N–H and O–H groups in total. The van der Waals surface area contributed by atoms with Crippen LogP contribution in [0.3, 0.4) is 0 Å². The Kier molecular flexibility index (Phi) is 6.53. The summed E-state index contributed by atoms with van der Waals surface area (Å²) in [5.74, 6) is 1.46. The standard InChI is InChI=1S/C21H27FN2O3/c1-25-18-13-15(14-19(26-2)21(18)27-3)20(16-7-4-5-8-17(16)22)24-11-6-9-23-10-12-24/h4-5,7-8,13-14,20,23H,6,9-12H2,1-3H3. The molecule has 0 spiro atoms. The highest BCUT2D eigenvalue weighted by Gasteiger charge is 2.28. The number of halogens is 1. The summed E-state index contributed by atoms with van der Waals surface area (Å²) < 4.78 is 31.2. The number of rotatable bonds is 6. The van der Waals surface area contributed by atoms with Gasteiger partial charge in [-0.2, -0.15) is 0 Å². The zero-order chi connectivity index (χ0) is 19.2. The average molecular weight is 374 g/mol. The Hall–Kier alpha value is -2.31. The Morgan fingerprint density at radius 2 is 1.67 bits per heavy atom. The topological polar surface area (TPSA) is 43.0 Å². The number of hydrogen-bond donors (Lipinski definition) is 1. The van der Waals surface area contributed by atoms with E-state index in [-0.39, 0.29) is 11.9 Å². The van der Waals surface area contributed by atoms with Crippen molar-refractivity contribution in [1.29, 1.82) is 0 Å². The summed E-state index contributed by atoms with van der Waals surface area (Å²) in [6, 6.07) is 10.5. The zero-order valence-electron chi connectivity index (χ0n) is 16.1. The molecule has 2 aromatic carbocycles. The van der Waals surface area contributed by atoms with Gasteiger partial charge in [0.2, 0.25) is 5.75 Å². The van der Waals surface area contributed by atoms with E-state index in [4.69, 9.17) is 14.2 Å². The van der Waals surface area contributed by atoms with E-state index < -0.39 is 0 Å². The largest absolute Gasteiger partial charge is 0.493 e. The Balaban J connectivity index is 2.14. The molecule has 3 rings (SSSR count). The van der Waals surface area contributed by atoms with E-state index in [1.165, 1.54) is 6.07 Å². The fourth-order valence-corrected chi connectivity index (χ4v) is 3.67. The van der Waals surface area contributed by atoms with Gasteiger partial charge in [-0.05, 0) is 36.7 Å². The fourth-order valence-electron chi connectivity index (χ4n) is 3.67. The van der Waals surface area contributed by atoms with Crippen LogP contribution in [0.4, 0.5) is 4.39 Å². The van der Waals surface area contributed by atoms with Crippen molar-refractivity contribution < 1.29 is 18.6 Å². The summed E-state index contributed by atoms with van der Waals surface area (Å²) >= 11 is 0. The monoisotopic (exact) mass is 374 g/mol. The molecule has 1 aliphatic rings. The van der Waals surface area contributed by atoms with E-state index in [1.807, 2.05) is 24.3 Å². The smallest absolute Gasteiger partial charge is 0.203 e. The van der Waals surface area contributed by atoms with E-state index in [2.05, 4.69) is 10.2 Å². The van der Waals surface area contributed by atoms with Crippen molar-refractivity contribution in [3.63, 3.8) is 0 Å². The van der Waals surface area contributed by atoms with Crippen LogP contribution in [-0.2, 0) is 0 Å². The van der Waals surface area contributed by atoms with Gasteiger partial charge in [-0.15, -0.1) is 0 Å². The minimum absolute atomic E-state index is 0.214. The molecule has 0 saturated carbocycles. The van der Waals surface area contributed by atoms with Gasteiger partial charge < -0.3 is 19.5 Å². The van der Waals surface area contributed by atoms with Gasteiger partial charge in [-0.1, -0.05) is 18.2 Å². The van der Waals surface area contributed by atoms with Gasteiger partial charge in [0.05, 0.1) is 27.4 Å². The lowest BCUT2D eigenvalue weighted by Crippen LogP contribution is -2.33. The van der Waals surface area contributed by atoms with Crippen LogP contribution in [-0.4, -0.2) is 52.4 Å². The molecule has 0 aromatic heterocycles. The minimum Gasteiger partial charge on any atom is -0.493 e. The highest BCUT2D eigenvalue weighted by atomic mass is 19.1. The van der Waals surface area contributed by atoms with Crippen LogP contribution in [0.2, 0.25) is 0 Å². The van der Waals surface area contributed by atoms with Gasteiger partial charge in [0.25, 0.3) is 0 Å². The van der Waals surface area contributed by atoms with Crippen LogP contribution in [0.25, 0.3) is 0 Å². The molecule has 1 unspecified atom stereocenters. The Labute approximate surface area is 160 Å². The van der Waals surface area contributed by atoms with Gasteiger partial charge in [0, 0.05) is 25.2 Å². The van der Waals surface area contributed by atoms with E-state index in [1.54, 1.807) is 27.4 Å². The van der Waals surface area contributed by atoms with E-state index >= 15 is 0 Å². The van der Waals surface area contributed by atoms with Crippen molar-refractivity contribution in [1.82, 2.24) is 10.2 Å². The zero-order valence-corrected chi connectivity index (χ0v) is 16.1. The van der Waals surface area contributed by atoms with Crippen molar-refractivity contribution >= 4 is 0 Å². The molecular formula is C21H27FN2O3. The molecule has 1 heterocycles. The molecule has 6 heteroatoms. The van der Waals surface area contributed by atoms with Crippen molar-refractivity contribution in [2.75, 3.05) is 47.5 Å². The molecule has 5 nitrogen and oxygen atoms in total. The van der Waals surface area contributed by atoms with Crippen LogP contribution in [0, 0.1) is 5.82 Å². The van der Waals surface area contributed by atoms with Crippen LogP contribution >= 0.6 is 0 Å². The second-order valence-corrected chi connectivity index (χ2v) is 6.52. The molecule has 0 amide bonds. The summed E-state index contributed by atoms with van der Waals surface area (Å²) in [5.41, 5.74) is 1.56. The first-order valence-electron chi connectivity index (χ1n) is 9.18. The molecule has 0 bridgehead atoms. The third-order valence-corrected chi connectivity index (χ3v) is 4.94. The number of methoxy groups -OCH3 is 3. The third-order valence-electron chi connectivity index (χ3n) is 4.94. The van der Waals surface area contributed by atoms with E-state index in [0.717, 1.165) is 38.2 Å². The minimum atomic E-state index is -0.236. The van der Waals surface area contributed by atoms with Gasteiger partial charge in [0.1, 0.15) is 5.82 Å². The molecule has 1 fully saturated rings. The second-order valence-electron chi connectivity index (χ2n) is 6.52. The van der Waals surface area contributed by atoms with Crippen LogP contribution in [0.15, 0.2) is 36.4 Å². The maximum absolute atomic E-state index is 14.8. The number of ether oxygens (including phenoxy) is 3. The lowest BCUT2D eigenvalue weighted by atomic mass is 9.95. The van der Waals surface area contributed by atoms with E-state index in [0.29, 0.717) is 22.8 Å². The number of hydrogen-bond acceptors (Lipinski definition) is 5. The lowest BCUT2D eigenvalue weighted by molar-refractivity contribution is 0.235. The van der Waals surface area contributed by atoms with Gasteiger partial charge in [-0.3, -0.25) is 4.90 Å². The Bertz CT molecular complexity index is 736. The quantitative estimate of drug-likeness (QED) is 0.841. The van der Waals surface area contributed by atoms with Crippen molar-refractivity contribution in [3.05, 3.63) is 53.3 Å². The first kappa shape index (κ1) is 19.5. The summed E-state index contributed by atoms with van der Waals surface area (Å²) in [6.45, 7) is 3.55. The maximum atomic E-state index is 14.8. The SMILES string of the molecule is COc1cc(C(c2ccccc2F)N2CCCNCC2)cc(OC)c1OC. The highest BCUT2D eigenvalue weighted by molar-refractivity contribution is 5.55. The van der Waals surface area contributed by atoms with Crippen molar-refractivity contribution in [2.45, 2.75) is 12.5 Å². The first-order valence-corrected chi connectivity index (χ1v) is 9.18. The predicted octanol–water partition coefficient (Wildman–Crippen LogP) is 3.24.